The first-order valence-corrected chi connectivity index (χ1v) is 5.66. The van der Waals surface area contributed by atoms with E-state index in [0.717, 1.165) is 12.8 Å². The lowest BCUT2D eigenvalue weighted by Crippen LogP contribution is -2.36. The summed E-state index contributed by atoms with van der Waals surface area (Å²) in [6.07, 6.45) is 2.19. The first kappa shape index (κ1) is 12.0. The lowest BCUT2D eigenvalue weighted by molar-refractivity contribution is -0.165. The fourth-order valence-electron chi connectivity index (χ4n) is 1.61. The van der Waals surface area contributed by atoms with Crippen LogP contribution < -0.4 is 0 Å². The minimum Gasteiger partial charge on any atom is -0.479 e. The topological polar surface area (TPSA) is 46.5 Å². The predicted molar refractivity (Wildman–Crippen MR) is 60.1 cm³/mol. The Labute approximate surface area is 99.2 Å². The van der Waals surface area contributed by atoms with Crippen LogP contribution in [0.5, 0.6) is 0 Å². The zero-order chi connectivity index (χ0) is 12.5. The van der Waals surface area contributed by atoms with Crippen LogP contribution in [0.1, 0.15) is 25.3 Å². The monoisotopic (exact) mass is 238 g/mol. The maximum Gasteiger partial charge on any atom is 0.340 e. The number of halogens is 1. The van der Waals surface area contributed by atoms with Gasteiger partial charge in [-0.1, -0.05) is 12.1 Å². The molecule has 0 spiro atoms. The second kappa shape index (κ2) is 4.45. The van der Waals surface area contributed by atoms with Gasteiger partial charge in [-0.3, -0.25) is 0 Å². The molecular weight excluding hydrogens is 223 g/mol. The van der Waals surface area contributed by atoms with Gasteiger partial charge in [0.2, 0.25) is 0 Å². The Kier molecular flexibility index (Phi) is 3.15. The van der Waals surface area contributed by atoms with E-state index in [4.69, 9.17) is 4.74 Å². The highest BCUT2D eigenvalue weighted by Crippen LogP contribution is 2.33. The number of benzene rings is 1. The molecule has 0 radical (unpaired) electrons. The van der Waals surface area contributed by atoms with E-state index < -0.39 is 11.6 Å². The molecule has 1 unspecified atom stereocenters. The number of aliphatic carboxylic acids is 1. The lowest BCUT2D eigenvalue weighted by Gasteiger charge is -2.25. The van der Waals surface area contributed by atoms with Crippen molar-refractivity contribution in [3.05, 3.63) is 35.6 Å². The number of carbonyl (C=O) groups is 1. The summed E-state index contributed by atoms with van der Waals surface area (Å²) in [6.45, 7) is 1.95. The zero-order valence-electron chi connectivity index (χ0n) is 9.65. The third-order valence-electron chi connectivity index (χ3n) is 3.11. The summed E-state index contributed by atoms with van der Waals surface area (Å²) in [6, 6.07) is 5.40. The molecule has 0 aromatic heterocycles. The summed E-state index contributed by atoms with van der Waals surface area (Å²) in [5.41, 5.74) is -0.928. The minimum atomic E-state index is -1.39. The molecule has 3 nitrogen and oxygen atoms in total. The molecule has 4 heteroatoms. The molecule has 1 aliphatic rings. The van der Waals surface area contributed by atoms with Crippen LogP contribution >= 0.6 is 0 Å². The Morgan fingerprint density at radius 1 is 1.47 bits per heavy atom. The van der Waals surface area contributed by atoms with Gasteiger partial charge < -0.3 is 9.84 Å². The van der Waals surface area contributed by atoms with Crippen molar-refractivity contribution in [2.45, 2.75) is 25.4 Å². The van der Waals surface area contributed by atoms with E-state index in [0.29, 0.717) is 18.1 Å². The van der Waals surface area contributed by atoms with Gasteiger partial charge in [0.15, 0.2) is 5.60 Å². The van der Waals surface area contributed by atoms with E-state index in [-0.39, 0.29) is 5.82 Å². The largest absolute Gasteiger partial charge is 0.479 e. The molecule has 1 saturated carbocycles. The van der Waals surface area contributed by atoms with Gasteiger partial charge in [-0.2, -0.15) is 0 Å². The Morgan fingerprint density at radius 2 is 2.06 bits per heavy atom. The molecular formula is C13H15FO3. The van der Waals surface area contributed by atoms with Crippen molar-refractivity contribution in [3.8, 4) is 0 Å². The Hall–Kier alpha value is -1.42. The van der Waals surface area contributed by atoms with E-state index in [9.17, 15) is 14.3 Å². The fraction of sp³-hybridized carbons (Fsp3) is 0.462. The van der Waals surface area contributed by atoms with Crippen molar-refractivity contribution in [1.82, 2.24) is 0 Å². The van der Waals surface area contributed by atoms with Crippen LogP contribution in [0.4, 0.5) is 4.39 Å². The van der Waals surface area contributed by atoms with Crippen molar-refractivity contribution < 1.29 is 19.0 Å². The molecule has 1 N–H and O–H groups in total. The van der Waals surface area contributed by atoms with Gasteiger partial charge in [0.25, 0.3) is 0 Å². The highest BCUT2D eigenvalue weighted by atomic mass is 19.1. The fourth-order valence-corrected chi connectivity index (χ4v) is 1.61. The first-order chi connectivity index (χ1) is 8.02. The number of carboxylic acid groups (broad SMARTS) is 1. The Morgan fingerprint density at radius 3 is 2.53 bits per heavy atom. The molecule has 92 valence electrons. The van der Waals surface area contributed by atoms with Gasteiger partial charge in [0, 0.05) is 0 Å². The normalized spacial score (nSPS) is 18.7. The minimum absolute atomic E-state index is 0.385. The maximum absolute atomic E-state index is 12.8. The van der Waals surface area contributed by atoms with Crippen molar-refractivity contribution >= 4 is 5.97 Å². The van der Waals surface area contributed by atoms with Crippen LogP contribution in [0.2, 0.25) is 0 Å². The number of carboxylic acids is 1. The third kappa shape index (κ3) is 2.64. The second-order valence-corrected chi connectivity index (χ2v) is 4.60. The van der Waals surface area contributed by atoms with Crippen LogP contribution in [0.15, 0.2) is 24.3 Å². The lowest BCUT2D eigenvalue weighted by atomic mass is 9.96. The van der Waals surface area contributed by atoms with E-state index in [2.05, 4.69) is 0 Å². The van der Waals surface area contributed by atoms with Crippen LogP contribution in [-0.4, -0.2) is 17.7 Å². The van der Waals surface area contributed by atoms with Gasteiger partial charge >= 0.3 is 5.97 Å². The molecule has 1 aromatic carbocycles. The van der Waals surface area contributed by atoms with Gasteiger partial charge in [0.05, 0.1) is 6.61 Å². The van der Waals surface area contributed by atoms with Crippen LogP contribution in [-0.2, 0) is 15.1 Å². The van der Waals surface area contributed by atoms with Gasteiger partial charge in [0.1, 0.15) is 5.82 Å². The molecule has 0 bridgehead atoms. The number of hydrogen-bond donors (Lipinski definition) is 1. The summed E-state index contributed by atoms with van der Waals surface area (Å²) in [7, 11) is 0. The summed E-state index contributed by atoms with van der Waals surface area (Å²) in [5, 5.41) is 9.27. The van der Waals surface area contributed by atoms with Crippen molar-refractivity contribution in [2.24, 2.45) is 5.92 Å². The van der Waals surface area contributed by atoms with Gasteiger partial charge in [-0.15, -0.1) is 0 Å². The molecule has 1 aromatic rings. The quantitative estimate of drug-likeness (QED) is 0.857. The maximum atomic E-state index is 12.8. The molecule has 2 rings (SSSR count). The Bertz CT molecular complexity index is 411. The molecule has 17 heavy (non-hydrogen) atoms. The van der Waals surface area contributed by atoms with E-state index >= 15 is 0 Å². The van der Waals surface area contributed by atoms with Crippen LogP contribution in [0.3, 0.4) is 0 Å². The summed E-state index contributed by atoms with van der Waals surface area (Å²) in [5.74, 6) is -0.956. The highest BCUT2D eigenvalue weighted by Gasteiger charge is 2.38. The van der Waals surface area contributed by atoms with Crippen molar-refractivity contribution in [3.63, 3.8) is 0 Å². The molecule has 1 atom stereocenters. The number of rotatable bonds is 5. The predicted octanol–water partition coefficient (Wildman–Crippen LogP) is 2.55. The summed E-state index contributed by atoms with van der Waals surface area (Å²) < 4.78 is 18.3. The standard InChI is InChI=1S/C13H15FO3/c1-13(12(15)16,17-8-9-2-3-9)10-4-6-11(14)7-5-10/h4-7,9H,2-3,8H2,1H3,(H,15,16). The SMILES string of the molecule is CC(OCC1CC1)(C(=O)O)c1ccc(F)cc1. The van der Waals surface area contributed by atoms with E-state index in [1.54, 1.807) is 0 Å². The van der Waals surface area contributed by atoms with Crippen molar-refractivity contribution in [2.75, 3.05) is 6.61 Å². The summed E-state index contributed by atoms with van der Waals surface area (Å²) in [4.78, 5) is 11.3. The van der Waals surface area contributed by atoms with Crippen molar-refractivity contribution in [1.29, 1.82) is 0 Å². The molecule has 0 saturated heterocycles. The van der Waals surface area contributed by atoms with E-state index in [1.807, 2.05) is 0 Å². The smallest absolute Gasteiger partial charge is 0.340 e. The van der Waals surface area contributed by atoms with Crippen LogP contribution in [0.25, 0.3) is 0 Å². The molecule has 1 aliphatic carbocycles. The van der Waals surface area contributed by atoms with E-state index in [1.165, 1.54) is 31.2 Å². The molecule has 0 aliphatic heterocycles. The highest BCUT2D eigenvalue weighted by molar-refractivity contribution is 5.78. The number of hydrogen-bond acceptors (Lipinski definition) is 2. The zero-order valence-corrected chi connectivity index (χ0v) is 9.65. The molecule has 0 heterocycles. The van der Waals surface area contributed by atoms with Gasteiger partial charge in [-0.25, -0.2) is 9.18 Å². The average Bonchev–Trinajstić information content (AvgIpc) is 3.10. The molecule has 0 amide bonds. The Balaban J connectivity index is 2.19. The summed E-state index contributed by atoms with van der Waals surface area (Å²) >= 11 is 0. The molecule has 1 fully saturated rings. The second-order valence-electron chi connectivity index (χ2n) is 4.60. The average molecular weight is 238 g/mol. The van der Waals surface area contributed by atoms with Crippen LogP contribution in [0, 0.1) is 11.7 Å². The number of ether oxygens (including phenoxy) is 1. The van der Waals surface area contributed by atoms with Gasteiger partial charge in [-0.05, 0) is 43.4 Å². The first-order valence-electron chi connectivity index (χ1n) is 5.66. The third-order valence-corrected chi connectivity index (χ3v) is 3.11.